The van der Waals surface area contributed by atoms with Gasteiger partial charge in [-0.1, -0.05) is 24.3 Å². The molecule has 0 amide bonds. The van der Waals surface area contributed by atoms with Crippen LogP contribution in [0.25, 0.3) is 0 Å². The molecule has 14 heavy (non-hydrogen) atoms. The van der Waals surface area contributed by atoms with E-state index >= 15 is 0 Å². The van der Waals surface area contributed by atoms with E-state index in [1.165, 1.54) is 0 Å². The van der Waals surface area contributed by atoms with Gasteiger partial charge in [0.05, 0.1) is 0 Å². The quantitative estimate of drug-likeness (QED) is 0.657. The maximum Gasteiger partial charge on any atom is 0.186 e. The number of hydrogen-bond acceptors (Lipinski definition) is 2. The summed E-state index contributed by atoms with van der Waals surface area (Å²) in [6.45, 7) is 1.98. The Bertz CT molecular complexity index is 430. The van der Waals surface area contributed by atoms with Crippen LogP contribution < -0.4 is 0 Å². The minimum atomic E-state index is 0.0433. The minimum Gasteiger partial charge on any atom is -0.292 e. The molecule has 0 unspecified atom stereocenters. The molecule has 2 rings (SSSR count). The van der Waals surface area contributed by atoms with Gasteiger partial charge in [0.15, 0.2) is 5.78 Å². The van der Waals surface area contributed by atoms with Crippen molar-refractivity contribution in [3.8, 4) is 0 Å². The number of carbonyl (C=O) groups excluding carboxylic acids is 1. The highest BCUT2D eigenvalue weighted by Gasteiger charge is 2.15. The molecule has 1 aromatic rings. The molecule has 0 atom stereocenters. The molecule has 0 saturated carbocycles. The fourth-order valence-corrected chi connectivity index (χ4v) is 1.46. The van der Waals surface area contributed by atoms with E-state index in [1.54, 1.807) is 6.20 Å². The van der Waals surface area contributed by atoms with Gasteiger partial charge in [-0.25, -0.2) is 0 Å². The average Bonchev–Trinajstić information content (AvgIpc) is 2.20. The van der Waals surface area contributed by atoms with Crippen molar-refractivity contribution < 1.29 is 4.79 Å². The largest absolute Gasteiger partial charge is 0.292 e. The van der Waals surface area contributed by atoms with Gasteiger partial charge in [-0.3, -0.25) is 9.79 Å². The van der Waals surface area contributed by atoms with Gasteiger partial charge >= 0.3 is 0 Å². The fraction of sp³-hybridized carbons (Fsp3) is 0.167. The second kappa shape index (κ2) is 3.58. The molecular weight excluding hydrogens is 174 g/mol. The number of benzene rings is 1. The summed E-state index contributed by atoms with van der Waals surface area (Å²) in [5, 5.41) is 0. The molecule has 1 heterocycles. The maximum absolute atomic E-state index is 11.5. The Hall–Kier alpha value is -1.70. The predicted octanol–water partition coefficient (Wildman–Crippen LogP) is 2.07. The van der Waals surface area contributed by atoms with E-state index in [-0.39, 0.29) is 5.78 Å². The lowest BCUT2D eigenvalue weighted by Gasteiger charge is -2.08. The van der Waals surface area contributed by atoms with Crippen LogP contribution in [0.1, 0.15) is 17.5 Å². The maximum atomic E-state index is 11.5. The molecule has 69 valence electrons. The number of carbonyl (C=O) groups is 1. The van der Waals surface area contributed by atoms with Crippen molar-refractivity contribution in [2.45, 2.75) is 13.3 Å². The van der Waals surface area contributed by atoms with Gasteiger partial charge in [0.25, 0.3) is 0 Å². The number of Topliss-reactive ketones (excluding diaryl/α,β-unsaturated/α-hetero) is 1. The number of nitrogens with zero attached hydrogens (tertiary/aromatic N) is 1. The monoisotopic (exact) mass is 184 g/mol. The fourth-order valence-electron chi connectivity index (χ4n) is 1.46. The van der Waals surface area contributed by atoms with Gasteiger partial charge in [0.1, 0.15) is 5.71 Å². The molecule has 0 aliphatic carbocycles. The van der Waals surface area contributed by atoms with E-state index in [4.69, 9.17) is 0 Å². The lowest BCUT2D eigenvalue weighted by molar-refractivity contribution is -0.112. The molecule has 1 aliphatic heterocycles. The van der Waals surface area contributed by atoms with Gasteiger partial charge in [0.2, 0.25) is 0 Å². The summed E-state index contributed by atoms with van der Waals surface area (Å²) in [6.07, 6.45) is 4.70. The molecule has 0 bridgehead atoms. The van der Waals surface area contributed by atoms with Gasteiger partial charge in [0, 0.05) is 18.2 Å². The van der Waals surface area contributed by atoms with Crippen molar-refractivity contribution in [2.24, 2.45) is 4.99 Å². The topological polar surface area (TPSA) is 29.4 Å². The van der Waals surface area contributed by atoms with Crippen LogP contribution in [0.4, 0.5) is 0 Å². The van der Waals surface area contributed by atoms with E-state index in [0.717, 1.165) is 11.1 Å². The van der Waals surface area contributed by atoms with Crippen LogP contribution in [-0.4, -0.2) is 11.5 Å². The van der Waals surface area contributed by atoms with E-state index in [2.05, 4.69) is 11.1 Å². The lowest BCUT2D eigenvalue weighted by Crippen LogP contribution is -2.17. The van der Waals surface area contributed by atoms with Gasteiger partial charge < -0.3 is 0 Å². The molecule has 0 N–H and O–H groups in total. The molecule has 1 aromatic carbocycles. The normalized spacial score (nSPS) is 15.5. The third kappa shape index (κ3) is 1.51. The summed E-state index contributed by atoms with van der Waals surface area (Å²) in [4.78, 5) is 15.6. The Morgan fingerprint density at radius 2 is 2.14 bits per heavy atom. The highest BCUT2D eigenvalue weighted by molar-refractivity contribution is 6.47. The van der Waals surface area contributed by atoms with Gasteiger partial charge in [-0.2, -0.15) is 0 Å². The molecular formula is C12H10NO. The summed E-state index contributed by atoms with van der Waals surface area (Å²) < 4.78 is 0. The Morgan fingerprint density at radius 3 is 2.86 bits per heavy atom. The van der Waals surface area contributed by atoms with E-state index in [9.17, 15) is 4.79 Å². The molecule has 0 fully saturated rings. The van der Waals surface area contributed by atoms with Crippen molar-refractivity contribution in [1.82, 2.24) is 0 Å². The summed E-state index contributed by atoms with van der Waals surface area (Å²) in [7, 11) is 0. The second-order valence-corrected chi connectivity index (χ2v) is 3.23. The molecule has 1 aliphatic rings. The third-order valence-corrected chi connectivity index (χ3v) is 2.21. The zero-order valence-electron chi connectivity index (χ0n) is 7.95. The van der Waals surface area contributed by atoms with Crippen LogP contribution in [0.15, 0.2) is 35.5 Å². The first-order chi connectivity index (χ1) is 6.79. The molecule has 1 radical (unpaired) electrons. The summed E-state index contributed by atoms with van der Waals surface area (Å²) in [6, 6.07) is 7.77. The average molecular weight is 184 g/mol. The lowest BCUT2D eigenvalue weighted by atomic mass is 9.99. The third-order valence-electron chi connectivity index (χ3n) is 2.21. The SMILES string of the molecule is Cc1ccccc1C1=NC=[C]CC1=O. The zero-order chi connectivity index (χ0) is 9.97. The molecule has 0 aromatic heterocycles. The Kier molecular flexibility index (Phi) is 2.27. The van der Waals surface area contributed by atoms with Gasteiger partial charge in [-0.15, -0.1) is 0 Å². The predicted molar refractivity (Wildman–Crippen MR) is 55.2 cm³/mol. The Labute approximate surface area is 83.0 Å². The van der Waals surface area contributed by atoms with Crippen molar-refractivity contribution in [1.29, 1.82) is 0 Å². The molecule has 2 heteroatoms. The number of hydrogen-bond donors (Lipinski definition) is 0. The highest BCUT2D eigenvalue weighted by atomic mass is 16.1. The number of aliphatic imine (C=N–C) groups is 1. The summed E-state index contributed by atoms with van der Waals surface area (Å²) in [5.41, 5.74) is 2.56. The van der Waals surface area contributed by atoms with Crippen LogP contribution in [0.5, 0.6) is 0 Å². The second-order valence-electron chi connectivity index (χ2n) is 3.23. The first-order valence-electron chi connectivity index (χ1n) is 4.51. The van der Waals surface area contributed by atoms with Crippen molar-refractivity contribution in [3.05, 3.63) is 47.7 Å². The zero-order valence-corrected chi connectivity index (χ0v) is 7.95. The van der Waals surface area contributed by atoms with Crippen molar-refractivity contribution in [3.63, 3.8) is 0 Å². The van der Waals surface area contributed by atoms with Gasteiger partial charge in [-0.05, 0) is 18.6 Å². The van der Waals surface area contributed by atoms with Crippen molar-refractivity contribution in [2.75, 3.05) is 0 Å². The molecule has 0 spiro atoms. The standard InChI is InChI=1S/C12H10NO/c1-9-5-2-3-6-10(9)12-11(14)7-4-8-13-12/h2-3,5-6,8H,7H2,1H3. The number of ketones is 1. The summed E-state index contributed by atoms with van der Waals surface area (Å²) in [5.74, 6) is 0.0433. The van der Waals surface area contributed by atoms with E-state index < -0.39 is 0 Å². The smallest absolute Gasteiger partial charge is 0.186 e. The summed E-state index contributed by atoms with van der Waals surface area (Å²) >= 11 is 0. The molecule has 2 nitrogen and oxygen atoms in total. The first-order valence-corrected chi connectivity index (χ1v) is 4.51. The van der Waals surface area contributed by atoms with Crippen LogP contribution in [0, 0.1) is 13.0 Å². The van der Waals surface area contributed by atoms with E-state index in [0.29, 0.717) is 12.1 Å². The molecule has 0 saturated heterocycles. The number of allylic oxidation sites excluding steroid dienone is 1. The Balaban J connectivity index is 2.49. The van der Waals surface area contributed by atoms with Crippen LogP contribution in [0.3, 0.4) is 0 Å². The number of aryl methyl sites for hydroxylation is 1. The number of rotatable bonds is 1. The van der Waals surface area contributed by atoms with Crippen LogP contribution in [0.2, 0.25) is 0 Å². The van der Waals surface area contributed by atoms with E-state index in [1.807, 2.05) is 31.2 Å². The first kappa shape index (κ1) is 8.88. The van der Waals surface area contributed by atoms with Crippen molar-refractivity contribution >= 4 is 11.5 Å². The van der Waals surface area contributed by atoms with Crippen LogP contribution >= 0.6 is 0 Å². The van der Waals surface area contributed by atoms with Crippen LogP contribution in [-0.2, 0) is 4.79 Å². The minimum absolute atomic E-state index is 0.0433. The highest BCUT2D eigenvalue weighted by Crippen LogP contribution is 2.12. The Morgan fingerprint density at radius 1 is 1.36 bits per heavy atom.